The highest BCUT2D eigenvalue weighted by atomic mass is 19.1. The van der Waals surface area contributed by atoms with E-state index in [1.165, 1.54) is 24.0 Å². The molecule has 2 bridgehead atoms. The van der Waals surface area contributed by atoms with Gasteiger partial charge in [0.2, 0.25) is 5.90 Å². The molecule has 2 unspecified atom stereocenters. The van der Waals surface area contributed by atoms with Crippen molar-refractivity contribution >= 4 is 23.5 Å². The van der Waals surface area contributed by atoms with Crippen molar-refractivity contribution in [3.05, 3.63) is 41.7 Å². The predicted octanol–water partition coefficient (Wildman–Crippen LogP) is 4.74. The van der Waals surface area contributed by atoms with E-state index in [1.807, 2.05) is 0 Å². The maximum absolute atomic E-state index is 14.7. The third-order valence-electron chi connectivity index (χ3n) is 6.07. The zero-order chi connectivity index (χ0) is 23.2. The Morgan fingerprint density at radius 3 is 2.62 bits per heavy atom. The number of nitrogens with zero attached hydrogens (tertiary/aromatic N) is 3. The molecule has 3 atom stereocenters. The summed E-state index contributed by atoms with van der Waals surface area (Å²) in [6.45, 7) is 5.15. The van der Waals surface area contributed by atoms with Crippen LogP contribution in [0.3, 0.4) is 0 Å². The van der Waals surface area contributed by atoms with Crippen LogP contribution in [0.1, 0.15) is 40.1 Å². The number of carbonyl (C=O) groups is 1. The normalized spacial score (nSPS) is 23.8. The standard InChI is InChI=1S/C22H24F2N6O2.H2/c1-11-4-15-8-22(7-11,20(26)32-13(3)25)30(15)21(31)29-18-6-16(12(2)5-17(18)24)19-27-9-14(23)10-28-19;/h5-6,9-11,15,25-26H,4,7-8H2,1-3H3,(H,29,31);1H/t11-,15?,22?;/m1./s1. The molecule has 1 aliphatic carbocycles. The average molecular weight is 444 g/mol. The molecule has 2 heterocycles. The second-order valence-corrected chi connectivity index (χ2v) is 8.59. The topological polar surface area (TPSA) is 115 Å². The fourth-order valence-electron chi connectivity index (χ4n) is 4.85. The van der Waals surface area contributed by atoms with Gasteiger partial charge in [-0.3, -0.25) is 10.8 Å². The first kappa shape index (κ1) is 21.8. The SMILES string of the molecule is CC(=N)OC(=N)C12CC(C[C@@H](C)C1)N2C(=O)Nc1cc(-c2ncc(F)cn2)c(C)cc1F.[HH]. The number of aryl methyl sites for hydroxylation is 1. The molecule has 3 N–H and O–H groups in total. The van der Waals surface area contributed by atoms with E-state index in [4.69, 9.17) is 15.6 Å². The summed E-state index contributed by atoms with van der Waals surface area (Å²) in [4.78, 5) is 22.6. The van der Waals surface area contributed by atoms with Gasteiger partial charge in [-0.05, 0) is 43.4 Å². The highest BCUT2D eigenvalue weighted by molar-refractivity contribution is 6.00. The third kappa shape index (κ3) is 3.69. The summed E-state index contributed by atoms with van der Waals surface area (Å²) in [5.74, 6) is -0.992. The number of likely N-dealkylation sites (tertiary alicyclic amines) is 1. The van der Waals surface area contributed by atoms with Crippen molar-refractivity contribution in [2.45, 2.75) is 51.6 Å². The second-order valence-electron chi connectivity index (χ2n) is 8.59. The maximum atomic E-state index is 14.7. The zero-order valence-corrected chi connectivity index (χ0v) is 18.0. The lowest BCUT2D eigenvalue weighted by molar-refractivity contribution is -0.0539. The summed E-state index contributed by atoms with van der Waals surface area (Å²) in [6.07, 6.45) is 3.92. The van der Waals surface area contributed by atoms with Gasteiger partial charge in [0.05, 0.1) is 18.1 Å². The number of amides is 2. The van der Waals surface area contributed by atoms with Crippen molar-refractivity contribution in [1.82, 2.24) is 14.9 Å². The quantitative estimate of drug-likeness (QED) is 0.468. The van der Waals surface area contributed by atoms with Crippen molar-refractivity contribution in [1.29, 1.82) is 10.8 Å². The van der Waals surface area contributed by atoms with Gasteiger partial charge in [-0.15, -0.1) is 0 Å². The molecule has 170 valence electrons. The molecule has 10 heteroatoms. The molecule has 8 nitrogen and oxygen atoms in total. The van der Waals surface area contributed by atoms with E-state index in [-0.39, 0.29) is 36.7 Å². The Kier molecular flexibility index (Phi) is 5.39. The van der Waals surface area contributed by atoms with Crippen LogP contribution in [0.25, 0.3) is 11.4 Å². The monoisotopic (exact) mass is 444 g/mol. The van der Waals surface area contributed by atoms with Crippen LogP contribution in [-0.2, 0) is 4.74 Å². The first-order valence-corrected chi connectivity index (χ1v) is 10.3. The molecule has 1 aromatic carbocycles. The molecule has 4 rings (SSSR count). The molecular weight excluding hydrogens is 418 g/mol. The first-order chi connectivity index (χ1) is 15.1. The molecule has 0 spiro atoms. The van der Waals surface area contributed by atoms with Gasteiger partial charge in [-0.25, -0.2) is 23.5 Å². The molecule has 1 saturated heterocycles. The lowest BCUT2D eigenvalue weighted by atomic mass is 9.64. The number of anilines is 1. The molecule has 2 fully saturated rings. The van der Waals surface area contributed by atoms with Crippen molar-refractivity contribution in [2.24, 2.45) is 5.92 Å². The van der Waals surface area contributed by atoms with Gasteiger partial charge in [0.15, 0.2) is 17.5 Å². The summed E-state index contributed by atoms with van der Waals surface area (Å²) in [5.41, 5.74) is -0.00898. The summed E-state index contributed by atoms with van der Waals surface area (Å²) < 4.78 is 33.1. The molecule has 32 heavy (non-hydrogen) atoms. The van der Waals surface area contributed by atoms with Crippen molar-refractivity contribution in [3.8, 4) is 11.4 Å². The number of benzene rings is 1. The van der Waals surface area contributed by atoms with Crippen LogP contribution >= 0.6 is 0 Å². The number of nitrogens with one attached hydrogen (secondary N) is 3. The van der Waals surface area contributed by atoms with E-state index < -0.39 is 23.2 Å². The summed E-state index contributed by atoms with van der Waals surface area (Å²) in [6, 6.07) is 2.04. The van der Waals surface area contributed by atoms with Crippen molar-refractivity contribution in [3.63, 3.8) is 0 Å². The van der Waals surface area contributed by atoms with Gasteiger partial charge in [-0.1, -0.05) is 6.92 Å². The lowest BCUT2D eigenvalue weighted by Gasteiger charge is -2.62. The van der Waals surface area contributed by atoms with Crippen LogP contribution in [0.2, 0.25) is 0 Å². The number of ether oxygens (including phenoxy) is 1. The molecule has 0 radical (unpaired) electrons. The summed E-state index contributed by atoms with van der Waals surface area (Å²) in [5, 5.41) is 18.5. The van der Waals surface area contributed by atoms with Crippen LogP contribution in [0.15, 0.2) is 24.5 Å². The van der Waals surface area contributed by atoms with Crippen LogP contribution in [0.5, 0.6) is 0 Å². The van der Waals surface area contributed by atoms with Crippen LogP contribution in [0, 0.1) is 35.3 Å². The van der Waals surface area contributed by atoms with Gasteiger partial charge in [-0.2, -0.15) is 0 Å². The van der Waals surface area contributed by atoms with Crippen LogP contribution < -0.4 is 5.32 Å². The molecule has 2 aromatic rings. The lowest BCUT2D eigenvalue weighted by Crippen LogP contribution is -2.75. The zero-order valence-electron chi connectivity index (χ0n) is 18.0. The van der Waals surface area contributed by atoms with Gasteiger partial charge in [0, 0.05) is 26.4 Å². The second kappa shape index (κ2) is 7.92. The van der Waals surface area contributed by atoms with Crippen molar-refractivity contribution < 1.29 is 19.7 Å². The largest absolute Gasteiger partial charge is 0.428 e. The number of piperidine rings is 1. The minimum atomic E-state index is -0.946. The van der Waals surface area contributed by atoms with Gasteiger partial charge < -0.3 is 15.0 Å². The Balaban J connectivity index is 0.00000306. The van der Waals surface area contributed by atoms with E-state index >= 15 is 0 Å². The molecule has 1 aliphatic heterocycles. The number of halogens is 2. The Labute approximate surface area is 185 Å². The number of hydrogen-bond acceptors (Lipinski definition) is 6. The Morgan fingerprint density at radius 1 is 1.28 bits per heavy atom. The summed E-state index contributed by atoms with van der Waals surface area (Å²) in [7, 11) is 0. The van der Waals surface area contributed by atoms with E-state index in [0.29, 0.717) is 24.0 Å². The van der Waals surface area contributed by atoms with E-state index in [9.17, 15) is 13.6 Å². The minimum Gasteiger partial charge on any atom is -0.428 e. The smallest absolute Gasteiger partial charge is 0.323 e. The molecular formula is C22H26F2N6O2. The molecule has 1 aromatic heterocycles. The number of carbonyl (C=O) groups excluding carboxylic acids is 1. The van der Waals surface area contributed by atoms with Crippen molar-refractivity contribution in [2.75, 3.05) is 5.32 Å². The molecule has 2 aliphatic rings. The summed E-state index contributed by atoms with van der Waals surface area (Å²) >= 11 is 0. The first-order valence-electron chi connectivity index (χ1n) is 10.3. The van der Waals surface area contributed by atoms with E-state index in [1.54, 1.807) is 6.92 Å². The van der Waals surface area contributed by atoms with E-state index in [0.717, 1.165) is 18.8 Å². The molecule has 1 saturated carbocycles. The Morgan fingerprint density at radius 2 is 1.97 bits per heavy atom. The van der Waals surface area contributed by atoms with Crippen LogP contribution in [-0.4, -0.2) is 44.3 Å². The minimum absolute atomic E-state index is 0. The third-order valence-corrected chi connectivity index (χ3v) is 6.07. The number of fused-ring (bicyclic) bond motifs is 2. The van der Waals surface area contributed by atoms with Gasteiger partial charge >= 0.3 is 6.03 Å². The van der Waals surface area contributed by atoms with E-state index in [2.05, 4.69) is 22.2 Å². The fraction of sp³-hybridized carbons (Fsp3) is 0.409. The maximum Gasteiger partial charge on any atom is 0.323 e. The number of aromatic nitrogens is 2. The molecule has 2 amide bonds. The number of urea groups is 1. The fourth-order valence-corrected chi connectivity index (χ4v) is 4.85. The van der Waals surface area contributed by atoms with Gasteiger partial charge in [0.25, 0.3) is 0 Å². The average Bonchev–Trinajstić information content (AvgIpc) is 2.69. The highest BCUT2D eigenvalue weighted by Crippen LogP contribution is 2.50. The Bertz CT molecular complexity index is 1110. The van der Waals surface area contributed by atoms with Gasteiger partial charge in [0.1, 0.15) is 11.4 Å². The van der Waals surface area contributed by atoms with Crippen LogP contribution in [0.4, 0.5) is 19.3 Å². The highest BCUT2D eigenvalue weighted by Gasteiger charge is 2.62. The number of rotatable bonds is 3. The predicted molar refractivity (Wildman–Crippen MR) is 117 cm³/mol. The Hall–Kier alpha value is -3.43. The number of hydrogen-bond donors (Lipinski definition) is 3.